The molecule has 3 aliphatic rings. The molecule has 0 aromatic rings. The fourth-order valence-electron chi connectivity index (χ4n) is 4.26. The van der Waals surface area contributed by atoms with Crippen LogP contribution in [-0.2, 0) is 4.79 Å². The van der Waals surface area contributed by atoms with Gasteiger partial charge in [0, 0.05) is 51.2 Å². The van der Waals surface area contributed by atoms with Gasteiger partial charge in [-0.2, -0.15) is 0 Å². The van der Waals surface area contributed by atoms with E-state index in [2.05, 4.69) is 15.5 Å². The highest BCUT2D eigenvalue weighted by Gasteiger charge is 2.31. The third-order valence-corrected chi connectivity index (χ3v) is 5.67. The Bertz CT molecular complexity index is 428. The van der Waals surface area contributed by atoms with E-state index >= 15 is 0 Å². The van der Waals surface area contributed by atoms with Gasteiger partial charge in [-0.15, -0.1) is 0 Å². The first kappa shape index (κ1) is 16.6. The molecule has 6 nitrogen and oxygen atoms in total. The zero-order valence-electron chi connectivity index (χ0n) is 14.2. The van der Waals surface area contributed by atoms with Crippen LogP contribution in [0.25, 0.3) is 0 Å². The highest BCUT2D eigenvalue weighted by molar-refractivity contribution is 5.75. The third-order valence-electron chi connectivity index (χ3n) is 5.67. The molecule has 1 unspecified atom stereocenters. The number of nitrogens with one attached hydrogen (secondary N) is 2. The van der Waals surface area contributed by atoms with Crippen LogP contribution in [0.15, 0.2) is 0 Å². The zero-order valence-corrected chi connectivity index (χ0v) is 14.2. The second-order valence-electron chi connectivity index (χ2n) is 7.32. The Kier molecular flexibility index (Phi) is 5.41. The van der Waals surface area contributed by atoms with Gasteiger partial charge in [0.05, 0.1) is 0 Å². The van der Waals surface area contributed by atoms with Crippen LogP contribution in [0.5, 0.6) is 0 Å². The Morgan fingerprint density at radius 3 is 2.13 bits per heavy atom. The summed E-state index contributed by atoms with van der Waals surface area (Å²) < 4.78 is 0. The standard InChI is InChI=1S/C17H30N4O2/c1-13(22)20-9-6-14(7-10-20)18-17(23)19-15-8-11-21(12-15)16-4-2-3-5-16/h14-16H,2-12H2,1H3,(H2,18,19,23). The summed E-state index contributed by atoms with van der Waals surface area (Å²) in [4.78, 5) is 27.9. The highest BCUT2D eigenvalue weighted by Crippen LogP contribution is 2.26. The summed E-state index contributed by atoms with van der Waals surface area (Å²) in [5.74, 6) is 0.130. The largest absolute Gasteiger partial charge is 0.343 e. The van der Waals surface area contributed by atoms with Gasteiger partial charge in [-0.1, -0.05) is 12.8 Å². The molecule has 3 rings (SSSR count). The molecule has 0 spiro atoms. The second-order valence-corrected chi connectivity index (χ2v) is 7.32. The fraction of sp³-hybridized carbons (Fsp3) is 0.882. The van der Waals surface area contributed by atoms with Crippen LogP contribution in [0, 0.1) is 0 Å². The minimum Gasteiger partial charge on any atom is -0.343 e. The maximum Gasteiger partial charge on any atom is 0.315 e. The van der Waals surface area contributed by atoms with E-state index in [4.69, 9.17) is 0 Å². The van der Waals surface area contributed by atoms with Gasteiger partial charge in [-0.3, -0.25) is 9.69 Å². The summed E-state index contributed by atoms with van der Waals surface area (Å²) in [5, 5.41) is 6.22. The molecule has 1 atom stereocenters. The number of piperidine rings is 1. The van der Waals surface area contributed by atoms with Gasteiger partial charge < -0.3 is 15.5 Å². The average Bonchev–Trinajstić information content (AvgIpc) is 3.18. The number of urea groups is 1. The highest BCUT2D eigenvalue weighted by atomic mass is 16.2. The zero-order chi connectivity index (χ0) is 16.2. The number of likely N-dealkylation sites (tertiary alicyclic amines) is 2. The number of hydrogen-bond acceptors (Lipinski definition) is 3. The molecule has 23 heavy (non-hydrogen) atoms. The molecule has 3 amide bonds. The summed E-state index contributed by atoms with van der Waals surface area (Å²) in [5.41, 5.74) is 0. The van der Waals surface area contributed by atoms with Crippen LogP contribution in [0.4, 0.5) is 4.79 Å². The topological polar surface area (TPSA) is 64.7 Å². The molecule has 0 aromatic carbocycles. The van der Waals surface area contributed by atoms with Crippen LogP contribution in [0.1, 0.15) is 51.9 Å². The van der Waals surface area contributed by atoms with Crippen molar-refractivity contribution in [3.05, 3.63) is 0 Å². The summed E-state index contributed by atoms with van der Waals surface area (Å²) in [6.07, 6.45) is 8.14. The smallest absolute Gasteiger partial charge is 0.315 e. The number of amides is 3. The van der Waals surface area contributed by atoms with Gasteiger partial charge >= 0.3 is 6.03 Å². The van der Waals surface area contributed by atoms with E-state index in [9.17, 15) is 9.59 Å². The molecule has 2 N–H and O–H groups in total. The van der Waals surface area contributed by atoms with Crippen molar-refractivity contribution in [1.82, 2.24) is 20.4 Å². The van der Waals surface area contributed by atoms with E-state index in [0.717, 1.165) is 51.5 Å². The minimum atomic E-state index is -0.0375. The van der Waals surface area contributed by atoms with Crippen LogP contribution >= 0.6 is 0 Å². The van der Waals surface area contributed by atoms with E-state index in [-0.39, 0.29) is 24.0 Å². The van der Waals surface area contributed by atoms with Crippen LogP contribution in [0.3, 0.4) is 0 Å². The van der Waals surface area contributed by atoms with Crippen molar-refractivity contribution in [3.8, 4) is 0 Å². The van der Waals surface area contributed by atoms with E-state index in [0.29, 0.717) is 0 Å². The first-order valence-electron chi connectivity index (χ1n) is 9.18. The van der Waals surface area contributed by atoms with Crippen LogP contribution in [0.2, 0.25) is 0 Å². The molecule has 2 saturated heterocycles. The molecule has 1 aliphatic carbocycles. The molecule has 1 saturated carbocycles. The Labute approximate surface area is 139 Å². The number of hydrogen-bond donors (Lipinski definition) is 2. The van der Waals surface area contributed by atoms with Crippen molar-refractivity contribution < 1.29 is 9.59 Å². The van der Waals surface area contributed by atoms with Gasteiger partial charge in [0.2, 0.25) is 5.91 Å². The molecule has 6 heteroatoms. The van der Waals surface area contributed by atoms with Crippen molar-refractivity contribution in [2.75, 3.05) is 26.2 Å². The van der Waals surface area contributed by atoms with E-state index < -0.39 is 0 Å². The molecule has 0 aromatic heterocycles. The number of carbonyl (C=O) groups excluding carboxylic acids is 2. The van der Waals surface area contributed by atoms with Crippen molar-refractivity contribution in [2.24, 2.45) is 0 Å². The molecular formula is C17H30N4O2. The molecule has 3 fully saturated rings. The Balaban J connectivity index is 1.36. The summed E-state index contributed by atoms with van der Waals surface area (Å²) in [7, 11) is 0. The van der Waals surface area contributed by atoms with Crippen molar-refractivity contribution in [2.45, 2.75) is 70.0 Å². The van der Waals surface area contributed by atoms with Crippen molar-refractivity contribution in [1.29, 1.82) is 0 Å². The van der Waals surface area contributed by atoms with E-state index in [1.807, 2.05) is 4.90 Å². The second kappa shape index (κ2) is 7.51. The SMILES string of the molecule is CC(=O)N1CCC(NC(=O)NC2CCN(C3CCCC3)C2)CC1. The first-order valence-corrected chi connectivity index (χ1v) is 9.18. The molecule has 0 radical (unpaired) electrons. The van der Waals surface area contributed by atoms with Crippen LogP contribution in [-0.4, -0.2) is 66.0 Å². The van der Waals surface area contributed by atoms with Crippen LogP contribution < -0.4 is 10.6 Å². The van der Waals surface area contributed by atoms with Gasteiger partial charge in [0.1, 0.15) is 0 Å². The molecule has 130 valence electrons. The first-order chi connectivity index (χ1) is 11.1. The fourth-order valence-corrected chi connectivity index (χ4v) is 4.26. The normalized spacial score (nSPS) is 27.3. The molecule has 2 aliphatic heterocycles. The van der Waals surface area contributed by atoms with Crippen molar-refractivity contribution >= 4 is 11.9 Å². The maximum atomic E-state index is 12.2. The summed E-state index contributed by atoms with van der Waals surface area (Å²) in [6.45, 7) is 5.22. The van der Waals surface area contributed by atoms with Crippen molar-refractivity contribution in [3.63, 3.8) is 0 Å². The van der Waals surface area contributed by atoms with Gasteiger partial charge in [-0.25, -0.2) is 4.79 Å². The molecule has 0 bridgehead atoms. The Hall–Kier alpha value is -1.30. The van der Waals surface area contributed by atoms with Gasteiger partial charge in [0.15, 0.2) is 0 Å². The number of nitrogens with zero attached hydrogens (tertiary/aromatic N) is 2. The van der Waals surface area contributed by atoms with E-state index in [1.165, 1.54) is 25.7 Å². The average molecular weight is 322 g/mol. The maximum absolute atomic E-state index is 12.2. The lowest BCUT2D eigenvalue weighted by atomic mass is 10.1. The minimum absolute atomic E-state index is 0.0375. The lowest BCUT2D eigenvalue weighted by Crippen LogP contribution is -2.51. The predicted octanol–water partition coefficient (Wildman–Crippen LogP) is 1.31. The van der Waals surface area contributed by atoms with E-state index in [1.54, 1.807) is 6.92 Å². The Morgan fingerprint density at radius 1 is 0.870 bits per heavy atom. The summed E-state index contributed by atoms with van der Waals surface area (Å²) in [6, 6.07) is 1.19. The quantitative estimate of drug-likeness (QED) is 0.823. The third kappa shape index (κ3) is 4.37. The van der Waals surface area contributed by atoms with Gasteiger partial charge in [-0.05, 0) is 32.1 Å². The van der Waals surface area contributed by atoms with Gasteiger partial charge in [0.25, 0.3) is 0 Å². The molecule has 2 heterocycles. The number of carbonyl (C=O) groups is 2. The lowest BCUT2D eigenvalue weighted by Gasteiger charge is -2.32. The number of rotatable bonds is 3. The lowest BCUT2D eigenvalue weighted by molar-refractivity contribution is -0.129. The predicted molar refractivity (Wildman–Crippen MR) is 89.2 cm³/mol. The summed E-state index contributed by atoms with van der Waals surface area (Å²) >= 11 is 0. The monoisotopic (exact) mass is 322 g/mol. The molecular weight excluding hydrogens is 292 g/mol. The Morgan fingerprint density at radius 2 is 1.48 bits per heavy atom.